The van der Waals surface area contributed by atoms with Gasteiger partial charge in [0.1, 0.15) is 5.71 Å². The Morgan fingerprint density at radius 2 is 1.68 bits per heavy atom. The van der Waals surface area contributed by atoms with Gasteiger partial charge >= 0.3 is 0 Å². The molecule has 0 aliphatic carbocycles. The maximum Gasteiger partial charge on any atom is 0.166 e. The molecule has 0 saturated carbocycles. The third kappa shape index (κ3) is 5.63. The van der Waals surface area contributed by atoms with Crippen molar-refractivity contribution in [3.63, 3.8) is 0 Å². The van der Waals surface area contributed by atoms with Crippen LogP contribution < -0.4 is 10.1 Å². The summed E-state index contributed by atoms with van der Waals surface area (Å²) in [5.74, 6) is -0.163. The van der Waals surface area contributed by atoms with Crippen molar-refractivity contribution in [1.29, 1.82) is 5.41 Å². The Morgan fingerprint density at radius 1 is 1.07 bits per heavy atom. The van der Waals surface area contributed by atoms with Gasteiger partial charge in [-0.3, -0.25) is 10.2 Å². The van der Waals surface area contributed by atoms with Gasteiger partial charge in [0.2, 0.25) is 0 Å². The van der Waals surface area contributed by atoms with Crippen LogP contribution in [0.2, 0.25) is 0 Å². The van der Waals surface area contributed by atoms with E-state index in [9.17, 15) is 5.11 Å². The molecule has 0 radical (unpaired) electrons. The standard InChI is InChI=1S/C22H28N4OS/c1-15(25-26-28)19(23)21(27)20(24-14-16-8-6-5-7-9-16)17-10-12-18(13-11-17)22(2,3)4/h5-13,23-24,26-28H,14H2,1-4H3/b21-20+,23-19?,25-15+. The van der Waals surface area contributed by atoms with Crippen molar-refractivity contribution in [2.45, 2.75) is 39.7 Å². The van der Waals surface area contributed by atoms with Gasteiger partial charge in [-0.1, -0.05) is 88.2 Å². The first-order valence-electron chi connectivity index (χ1n) is 9.08. The van der Waals surface area contributed by atoms with Crippen LogP contribution in [0.15, 0.2) is 65.5 Å². The Hall–Kier alpha value is -2.73. The van der Waals surface area contributed by atoms with Crippen LogP contribution in [0.4, 0.5) is 0 Å². The molecule has 0 aromatic heterocycles. The van der Waals surface area contributed by atoms with E-state index < -0.39 is 0 Å². The van der Waals surface area contributed by atoms with Gasteiger partial charge in [0.15, 0.2) is 5.76 Å². The van der Waals surface area contributed by atoms with E-state index in [0.29, 0.717) is 18.0 Å². The van der Waals surface area contributed by atoms with E-state index in [0.717, 1.165) is 11.1 Å². The molecular weight excluding hydrogens is 368 g/mol. The number of nitrogens with zero attached hydrogens (tertiary/aromatic N) is 1. The van der Waals surface area contributed by atoms with Gasteiger partial charge in [-0.25, -0.2) is 0 Å². The van der Waals surface area contributed by atoms with Crippen molar-refractivity contribution in [2.24, 2.45) is 5.10 Å². The highest BCUT2D eigenvalue weighted by atomic mass is 32.1. The normalized spacial score (nSPS) is 13.0. The van der Waals surface area contributed by atoms with Crippen LogP contribution in [-0.4, -0.2) is 16.5 Å². The van der Waals surface area contributed by atoms with E-state index in [4.69, 9.17) is 5.41 Å². The molecule has 0 unspecified atom stereocenters. The predicted molar refractivity (Wildman–Crippen MR) is 121 cm³/mol. The molecule has 0 aliphatic heterocycles. The molecule has 0 atom stereocenters. The average Bonchev–Trinajstić information content (AvgIpc) is 2.68. The monoisotopic (exact) mass is 396 g/mol. The number of benzene rings is 2. The zero-order chi connectivity index (χ0) is 20.7. The van der Waals surface area contributed by atoms with Gasteiger partial charge in [-0.2, -0.15) is 5.10 Å². The molecule has 6 heteroatoms. The van der Waals surface area contributed by atoms with Gasteiger partial charge in [-0.05, 0) is 23.5 Å². The Balaban J connectivity index is 2.41. The molecule has 0 heterocycles. The molecule has 148 valence electrons. The minimum atomic E-state index is -0.163. The second kappa shape index (κ2) is 9.46. The van der Waals surface area contributed by atoms with Crippen LogP contribution >= 0.6 is 12.8 Å². The zero-order valence-corrected chi connectivity index (χ0v) is 17.6. The lowest BCUT2D eigenvalue weighted by atomic mass is 9.86. The number of rotatable bonds is 7. The van der Waals surface area contributed by atoms with Crippen LogP contribution in [0, 0.1) is 5.41 Å². The van der Waals surface area contributed by atoms with Crippen LogP contribution in [0.5, 0.6) is 0 Å². The lowest BCUT2D eigenvalue weighted by molar-refractivity contribution is 0.443. The quantitative estimate of drug-likeness (QED) is 0.201. The fraction of sp³-hybridized carbons (Fsp3) is 0.273. The summed E-state index contributed by atoms with van der Waals surface area (Å²) in [4.78, 5) is 2.35. The Morgan fingerprint density at radius 3 is 2.21 bits per heavy atom. The van der Waals surface area contributed by atoms with Crippen molar-refractivity contribution in [3.8, 4) is 0 Å². The maximum atomic E-state index is 10.8. The fourth-order valence-electron chi connectivity index (χ4n) is 2.67. The van der Waals surface area contributed by atoms with Crippen molar-refractivity contribution in [2.75, 3.05) is 0 Å². The molecule has 4 N–H and O–H groups in total. The van der Waals surface area contributed by atoms with E-state index in [1.54, 1.807) is 6.92 Å². The molecule has 2 aromatic rings. The van der Waals surface area contributed by atoms with E-state index in [2.05, 4.69) is 48.8 Å². The van der Waals surface area contributed by atoms with Gasteiger partial charge < -0.3 is 10.4 Å². The van der Waals surface area contributed by atoms with E-state index in [1.807, 2.05) is 54.6 Å². The molecule has 0 bridgehead atoms. The van der Waals surface area contributed by atoms with Crippen molar-refractivity contribution in [3.05, 3.63) is 77.0 Å². The Kier molecular flexibility index (Phi) is 7.29. The van der Waals surface area contributed by atoms with E-state index >= 15 is 0 Å². The highest BCUT2D eigenvalue weighted by Crippen LogP contribution is 2.25. The summed E-state index contributed by atoms with van der Waals surface area (Å²) in [6.45, 7) is 8.63. The van der Waals surface area contributed by atoms with Gasteiger partial charge in [0.05, 0.1) is 11.4 Å². The Bertz CT molecular complexity index is 866. The first-order chi connectivity index (χ1) is 13.2. The zero-order valence-electron chi connectivity index (χ0n) is 16.7. The molecule has 0 aliphatic rings. The Labute approximate surface area is 172 Å². The van der Waals surface area contributed by atoms with Crippen LogP contribution in [0.3, 0.4) is 0 Å². The molecule has 0 spiro atoms. The van der Waals surface area contributed by atoms with E-state index in [-0.39, 0.29) is 16.9 Å². The summed E-state index contributed by atoms with van der Waals surface area (Å²) in [6.07, 6.45) is 0. The minimum Gasteiger partial charge on any atom is -0.504 e. The molecule has 28 heavy (non-hydrogen) atoms. The summed E-state index contributed by atoms with van der Waals surface area (Å²) < 4.78 is 0. The van der Waals surface area contributed by atoms with Gasteiger partial charge in [-0.15, -0.1) is 0 Å². The van der Waals surface area contributed by atoms with Crippen LogP contribution in [0.1, 0.15) is 44.4 Å². The number of nitrogens with one attached hydrogen (secondary N) is 3. The fourth-order valence-corrected chi connectivity index (χ4v) is 2.82. The lowest BCUT2D eigenvalue weighted by Crippen LogP contribution is -2.21. The highest BCUT2D eigenvalue weighted by molar-refractivity contribution is 7.78. The lowest BCUT2D eigenvalue weighted by Gasteiger charge is -2.20. The summed E-state index contributed by atoms with van der Waals surface area (Å²) in [5.41, 5.74) is 3.87. The second-order valence-corrected chi connectivity index (χ2v) is 7.76. The molecule has 0 amide bonds. The third-order valence-corrected chi connectivity index (χ3v) is 4.50. The number of hydrogen-bond acceptors (Lipinski definition) is 6. The summed E-state index contributed by atoms with van der Waals surface area (Å²) in [6, 6.07) is 17.9. The number of hydrogen-bond donors (Lipinski definition) is 5. The van der Waals surface area contributed by atoms with Crippen molar-refractivity contribution < 1.29 is 5.11 Å². The average molecular weight is 397 g/mol. The number of thiol groups is 1. The molecule has 2 aromatic carbocycles. The first kappa shape index (κ1) is 21.6. The molecular formula is C22H28N4OS. The largest absolute Gasteiger partial charge is 0.504 e. The third-order valence-electron chi connectivity index (χ3n) is 4.40. The smallest absolute Gasteiger partial charge is 0.166 e. The van der Waals surface area contributed by atoms with E-state index in [1.165, 1.54) is 5.56 Å². The van der Waals surface area contributed by atoms with Crippen LogP contribution in [-0.2, 0) is 12.0 Å². The van der Waals surface area contributed by atoms with Crippen molar-refractivity contribution >= 4 is 29.9 Å². The SMILES string of the molecule is C/C(=N\NS)C(=N)/C(O)=C(\NCc1ccccc1)c1ccc(C(C)(C)C)cc1. The molecule has 5 nitrogen and oxygen atoms in total. The van der Waals surface area contributed by atoms with Gasteiger partial charge in [0, 0.05) is 12.1 Å². The number of aliphatic hydroxyl groups is 1. The summed E-state index contributed by atoms with van der Waals surface area (Å²) >= 11 is 3.82. The maximum absolute atomic E-state index is 10.8. The van der Waals surface area contributed by atoms with Crippen LogP contribution in [0.25, 0.3) is 5.70 Å². The number of allylic oxidation sites excluding steroid dienone is 1. The summed E-state index contributed by atoms with van der Waals surface area (Å²) in [7, 11) is 0. The first-order valence-corrected chi connectivity index (χ1v) is 9.53. The molecule has 0 fully saturated rings. The van der Waals surface area contributed by atoms with Gasteiger partial charge in [0.25, 0.3) is 0 Å². The highest BCUT2D eigenvalue weighted by Gasteiger charge is 2.18. The molecule has 0 saturated heterocycles. The number of aliphatic hydroxyl groups excluding tert-OH is 1. The summed E-state index contributed by atoms with van der Waals surface area (Å²) in [5, 5.41) is 26.2. The second-order valence-electron chi connectivity index (χ2n) is 7.56. The predicted octanol–water partition coefficient (Wildman–Crippen LogP) is 4.83. The number of hydrazone groups is 1. The van der Waals surface area contributed by atoms with Crippen molar-refractivity contribution in [1.82, 2.24) is 10.1 Å². The topological polar surface area (TPSA) is 80.5 Å². The minimum absolute atomic E-state index is 0.0378. The molecule has 2 rings (SSSR count).